The molecule has 0 saturated carbocycles. The molecule has 2 aromatic carbocycles. The number of anilines is 2. The second kappa shape index (κ2) is 8.32. The van der Waals surface area contributed by atoms with Crippen LogP contribution in [0.25, 0.3) is 22.8 Å². The van der Waals surface area contributed by atoms with E-state index in [2.05, 4.69) is 15.6 Å². The first kappa shape index (κ1) is 21.1. The second-order valence-corrected chi connectivity index (χ2v) is 7.94. The predicted molar refractivity (Wildman–Crippen MR) is 129 cm³/mol. The number of carbonyl (C=O) groups is 2. The van der Waals surface area contributed by atoms with Gasteiger partial charge in [0.05, 0.1) is 11.3 Å². The highest BCUT2D eigenvalue weighted by Crippen LogP contribution is 2.35. The first-order valence-electron chi connectivity index (χ1n) is 10.5. The Labute approximate surface area is 193 Å². The Bertz CT molecular complexity index is 1520. The van der Waals surface area contributed by atoms with Gasteiger partial charge in [0, 0.05) is 48.1 Å². The van der Waals surface area contributed by atoms with Gasteiger partial charge in [0.1, 0.15) is 11.4 Å². The van der Waals surface area contributed by atoms with Gasteiger partial charge < -0.3 is 20.2 Å². The summed E-state index contributed by atoms with van der Waals surface area (Å²) in [5.74, 6) is -1.24. The van der Waals surface area contributed by atoms with Gasteiger partial charge in [-0.15, -0.1) is 0 Å². The Morgan fingerprint density at radius 3 is 2.56 bits per heavy atom. The number of nitrogens with one attached hydrogen (secondary N) is 3. The van der Waals surface area contributed by atoms with Crippen molar-refractivity contribution >= 4 is 34.8 Å². The lowest BCUT2D eigenvalue weighted by Crippen LogP contribution is -2.24. The molecular formula is C26H19FN4O3. The molecule has 1 aliphatic heterocycles. The molecular weight excluding hydrogens is 435 g/mol. The van der Waals surface area contributed by atoms with Crippen LogP contribution in [0.2, 0.25) is 0 Å². The Balaban J connectivity index is 1.44. The summed E-state index contributed by atoms with van der Waals surface area (Å²) in [7, 11) is 1.70. The molecule has 168 valence electrons. The molecule has 1 aliphatic rings. The zero-order chi connectivity index (χ0) is 23.8. The fourth-order valence-corrected chi connectivity index (χ4v) is 3.91. The average molecular weight is 454 g/mol. The molecule has 4 aromatic rings. The molecule has 0 saturated heterocycles. The summed E-state index contributed by atoms with van der Waals surface area (Å²) in [6.45, 7) is 0. The molecule has 0 spiro atoms. The number of hydrogen-bond donors (Lipinski definition) is 3. The molecule has 3 heterocycles. The molecule has 0 aliphatic carbocycles. The van der Waals surface area contributed by atoms with Gasteiger partial charge in [0.25, 0.3) is 11.8 Å². The first-order valence-corrected chi connectivity index (χ1v) is 10.5. The zero-order valence-corrected chi connectivity index (χ0v) is 18.1. The second-order valence-electron chi connectivity index (χ2n) is 7.94. The third-order valence-electron chi connectivity index (χ3n) is 5.54. The molecule has 0 unspecified atom stereocenters. The van der Waals surface area contributed by atoms with E-state index in [9.17, 15) is 18.8 Å². The van der Waals surface area contributed by atoms with Gasteiger partial charge in [-0.05, 0) is 48.0 Å². The smallest absolute Gasteiger partial charge is 0.261 e. The SMILES string of the molecule is Cn1cc(C(=O)Nc2ccc3c(c2)NC(=O)/C3=C\c2ccc[nH]2)c(=O)c(-c2ccc(F)cc2)c1. The molecule has 8 heteroatoms. The molecule has 34 heavy (non-hydrogen) atoms. The van der Waals surface area contributed by atoms with E-state index < -0.39 is 17.2 Å². The van der Waals surface area contributed by atoms with Crippen LogP contribution in [0.5, 0.6) is 0 Å². The number of carbonyl (C=O) groups excluding carboxylic acids is 2. The number of amides is 2. The number of rotatable bonds is 4. The Kier molecular flexibility index (Phi) is 5.18. The van der Waals surface area contributed by atoms with Crippen LogP contribution in [0.3, 0.4) is 0 Å². The third kappa shape index (κ3) is 3.93. The number of halogens is 1. The first-order chi connectivity index (χ1) is 16.4. The van der Waals surface area contributed by atoms with Gasteiger partial charge in [-0.25, -0.2) is 4.39 Å². The van der Waals surface area contributed by atoms with Crippen molar-refractivity contribution in [2.75, 3.05) is 10.6 Å². The van der Waals surface area contributed by atoms with Crippen molar-refractivity contribution in [1.29, 1.82) is 0 Å². The van der Waals surface area contributed by atoms with Crippen LogP contribution in [-0.2, 0) is 11.8 Å². The summed E-state index contributed by atoms with van der Waals surface area (Å²) in [6, 6.07) is 14.3. The summed E-state index contributed by atoms with van der Waals surface area (Å²) in [6.07, 6.45) is 6.56. The van der Waals surface area contributed by atoms with Gasteiger partial charge in [-0.2, -0.15) is 0 Å². The highest BCUT2D eigenvalue weighted by atomic mass is 19.1. The van der Waals surface area contributed by atoms with Crippen molar-refractivity contribution in [1.82, 2.24) is 9.55 Å². The highest BCUT2D eigenvalue weighted by molar-refractivity contribution is 6.35. The molecule has 0 radical (unpaired) electrons. The molecule has 0 atom stereocenters. The van der Waals surface area contributed by atoms with Crippen LogP contribution in [0, 0.1) is 5.82 Å². The fourth-order valence-electron chi connectivity index (χ4n) is 3.91. The van der Waals surface area contributed by atoms with Crippen molar-refractivity contribution in [3.8, 4) is 11.1 Å². The van der Waals surface area contributed by atoms with Crippen molar-refractivity contribution < 1.29 is 14.0 Å². The van der Waals surface area contributed by atoms with Gasteiger partial charge in [0.15, 0.2) is 0 Å². The third-order valence-corrected chi connectivity index (χ3v) is 5.54. The van der Waals surface area contributed by atoms with Crippen molar-refractivity contribution in [3.05, 3.63) is 106 Å². The van der Waals surface area contributed by atoms with Crippen LogP contribution < -0.4 is 16.1 Å². The van der Waals surface area contributed by atoms with Crippen molar-refractivity contribution in [2.45, 2.75) is 0 Å². The number of aromatic nitrogens is 2. The van der Waals surface area contributed by atoms with Gasteiger partial charge in [-0.1, -0.05) is 18.2 Å². The number of H-pyrrole nitrogens is 1. The molecule has 0 bridgehead atoms. The summed E-state index contributed by atoms with van der Waals surface area (Å²) in [5.41, 5.74) is 3.30. The summed E-state index contributed by atoms with van der Waals surface area (Å²) in [4.78, 5) is 41.5. The predicted octanol–water partition coefficient (Wildman–Crippen LogP) is 4.26. The number of aromatic amines is 1. The van der Waals surface area contributed by atoms with Crippen LogP contribution in [0.1, 0.15) is 21.6 Å². The van der Waals surface area contributed by atoms with Gasteiger partial charge in [0.2, 0.25) is 5.43 Å². The molecule has 2 aromatic heterocycles. The van der Waals surface area contributed by atoms with Crippen LogP contribution in [0.15, 0.2) is 78.0 Å². The Hall–Kier alpha value is -4.72. The quantitative estimate of drug-likeness (QED) is 0.402. The number of aryl methyl sites for hydroxylation is 1. The highest BCUT2D eigenvalue weighted by Gasteiger charge is 2.25. The lowest BCUT2D eigenvalue weighted by Gasteiger charge is -2.10. The van der Waals surface area contributed by atoms with Crippen LogP contribution in [-0.4, -0.2) is 21.4 Å². The Morgan fingerprint density at radius 2 is 1.82 bits per heavy atom. The summed E-state index contributed by atoms with van der Waals surface area (Å²) >= 11 is 0. The lowest BCUT2D eigenvalue weighted by molar-refractivity contribution is -0.110. The number of hydrogen-bond acceptors (Lipinski definition) is 3. The normalized spacial score (nSPS) is 13.6. The van der Waals surface area contributed by atoms with Crippen molar-refractivity contribution in [3.63, 3.8) is 0 Å². The maximum atomic E-state index is 13.3. The molecule has 2 amide bonds. The fraction of sp³-hybridized carbons (Fsp3) is 0.0385. The lowest BCUT2D eigenvalue weighted by atomic mass is 10.0. The Morgan fingerprint density at radius 1 is 1.03 bits per heavy atom. The minimum atomic E-state index is -0.587. The van der Waals surface area contributed by atoms with E-state index in [1.165, 1.54) is 30.5 Å². The van der Waals surface area contributed by atoms with E-state index in [0.29, 0.717) is 28.1 Å². The monoisotopic (exact) mass is 454 g/mol. The van der Waals surface area contributed by atoms with Crippen molar-refractivity contribution in [2.24, 2.45) is 7.05 Å². The standard InChI is InChI=1S/C26H19FN4O3/c1-31-13-21(15-4-6-16(27)7-5-15)24(32)22(14-31)26(34)29-18-8-9-19-20(11-17-3-2-10-28-17)25(33)30-23(19)12-18/h2-14,28H,1H3,(H,29,34)(H,30,33)/b20-11-. The minimum Gasteiger partial charge on any atom is -0.362 e. The molecule has 3 N–H and O–H groups in total. The van der Waals surface area contributed by atoms with Gasteiger partial charge >= 0.3 is 0 Å². The zero-order valence-electron chi connectivity index (χ0n) is 18.1. The largest absolute Gasteiger partial charge is 0.362 e. The van der Waals surface area contributed by atoms with E-state index in [4.69, 9.17) is 0 Å². The van der Waals surface area contributed by atoms with Crippen LogP contribution in [0.4, 0.5) is 15.8 Å². The van der Waals surface area contributed by atoms with E-state index in [-0.39, 0.29) is 17.0 Å². The van der Waals surface area contributed by atoms with Gasteiger partial charge in [-0.3, -0.25) is 14.4 Å². The summed E-state index contributed by atoms with van der Waals surface area (Å²) < 4.78 is 14.9. The number of fused-ring (bicyclic) bond motifs is 1. The number of pyridine rings is 1. The van der Waals surface area contributed by atoms with E-state index in [1.807, 2.05) is 12.1 Å². The molecule has 0 fully saturated rings. The number of nitrogens with zero attached hydrogens (tertiary/aromatic N) is 1. The van der Waals surface area contributed by atoms with E-state index >= 15 is 0 Å². The maximum absolute atomic E-state index is 13.3. The maximum Gasteiger partial charge on any atom is 0.261 e. The average Bonchev–Trinajstić information content (AvgIpc) is 3.43. The number of benzene rings is 2. The van der Waals surface area contributed by atoms with E-state index in [0.717, 1.165) is 5.69 Å². The minimum absolute atomic E-state index is 0.0545. The topological polar surface area (TPSA) is 96.0 Å². The molecule has 5 rings (SSSR count). The van der Waals surface area contributed by atoms with Crippen LogP contribution >= 0.6 is 0 Å². The van der Waals surface area contributed by atoms with E-state index in [1.54, 1.807) is 48.3 Å². The summed E-state index contributed by atoms with van der Waals surface area (Å²) in [5, 5.41) is 5.53. The molecule has 7 nitrogen and oxygen atoms in total.